The average molecular weight is 740 g/mol. The molecule has 10 aromatic carbocycles. The summed E-state index contributed by atoms with van der Waals surface area (Å²) in [6.07, 6.45) is 0. The lowest BCUT2D eigenvalue weighted by Gasteiger charge is -2.28. The zero-order valence-corrected chi connectivity index (χ0v) is 31.7. The average Bonchev–Trinajstić information content (AvgIpc) is 3.70. The van der Waals surface area contributed by atoms with E-state index in [4.69, 9.17) is 4.42 Å². The Morgan fingerprint density at radius 1 is 0.276 bits per heavy atom. The molecule has 1 heterocycles. The van der Waals surface area contributed by atoms with Crippen LogP contribution in [-0.4, -0.2) is 0 Å². The monoisotopic (exact) mass is 739 g/mol. The molecule has 0 saturated heterocycles. The maximum atomic E-state index is 6.89. The van der Waals surface area contributed by atoms with Gasteiger partial charge in [0, 0.05) is 38.7 Å². The number of hydrogen-bond donors (Lipinski definition) is 0. The number of rotatable bonds is 7. The van der Waals surface area contributed by atoms with Crippen LogP contribution in [0.5, 0.6) is 0 Å². The lowest BCUT2D eigenvalue weighted by molar-refractivity contribution is 0.674. The summed E-state index contributed by atoms with van der Waals surface area (Å²) in [5, 5.41) is 6.99. The second kappa shape index (κ2) is 14.1. The largest absolute Gasteiger partial charge is 0.455 e. The standard InChI is InChI=1S/C56H37NO/c1-3-14-38(15-4-1)39-26-32-44(33-27-39)57(45-34-28-43(29-35-45)54-46-20-9-7-18-41(46)30-36-47(54)40-16-5-2-6-17-40)53-25-12-11-22-49(53)50-23-13-24-51-52-37-31-42-19-8-10-21-48(42)55(52)58-56(50)51/h1-37H. The topological polar surface area (TPSA) is 16.4 Å². The van der Waals surface area contributed by atoms with Crippen molar-refractivity contribution in [2.45, 2.75) is 0 Å². The van der Waals surface area contributed by atoms with Crippen molar-refractivity contribution in [1.82, 2.24) is 0 Å². The number of hydrogen-bond acceptors (Lipinski definition) is 2. The minimum Gasteiger partial charge on any atom is -0.455 e. The summed E-state index contributed by atoms with van der Waals surface area (Å²) in [6, 6.07) is 80.5. The second-order valence-corrected chi connectivity index (χ2v) is 14.8. The first-order chi connectivity index (χ1) is 28.8. The molecular formula is C56H37NO. The first-order valence-corrected chi connectivity index (χ1v) is 19.8. The van der Waals surface area contributed by atoms with Crippen LogP contribution < -0.4 is 4.90 Å². The lowest BCUT2D eigenvalue weighted by atomic mass is 9.89. The third-order valence-corrected chi connectivity index (χ3v) is 11.5. The molecule has 11 rings (SSSR count). The van der Waals surface area contributed by atoms with Crippen molar-refractivity contribution in [2.75, 3.05) is 4.90 Å². The quantitative estimate of drug-likeness (QED) is 0.162. The maximum absolute atomic E-state index is 6.89. The third kappa shape index (κ3) is 5.74. The van der Waals surface area contributed by atoms with Gasteiger partial charge in [-0.25, -0.2) is 0 Å². The summed E-state index contributed by atoms with van der Waals surface area (Å²) < 4.78 is 6.89. The van der Waals surface area contributed by atoms with Crippen LogP contribution in [0.15, 0.2) is 229 Å². The van der Waals surface area contributed by atoms with Crippen LogP contribution in [0.1, 0.15) is 0 Å². The number of para-hydroxylation sites is 2. The zero-order valence-electron chi connectivity index (χ0n) is 31.7. The Kier molecular flexibility index (Phi) is 8.19. The van der Waals surface area contributed by atoms with E-state index >= 15 is 0 Å². The van der Waals surface area contributed by atoms with Crippen molar-refractivity contribution in [3.8, 4) is 44.5 Å². The van der Waals surface area contributed by atoms with Crippen LogP contribution in [-0.2, 0) is 0 Å². The number of nitrogens with zero attached hydrogens (tertiary/aromatic N) is 1. The highest BCUT2D eigenvalue weighted by Gasteiger charge is 2.22. The van der Waals surface area contributed by atoms with Crippen molar-refractivity contribution >= 4 is 60.5 Å². The fraction of sp³-hybridized carbons (Fsp3) is 0. The fourth-order valence-electron chi connectivity index (χ4n) is 8.71. The number of benzene rings is 10. The molecule has 2 heteroatoms. The Bertz CT molecular complexity index is 3250. The first-order valence-electron chi connectivity index (χ1n) is 19.8. The smallest absolute Gasteiger partial charge is 0.143 e. The minimum absolute atomic E-state index is 0.889. The molecule has 0 saturated carbocycles. The van der Waals surface area contributed by atoms with E-state index in [9.17, 15) is 0 Å². The first kappa shape index (κ1) is 33.6. The third-order valence-electron chi connectivity index (χ3n) is 11.5. The summed E-state index contributed by atoms with van der Waals surface area (Å²) in [7, 11) is 0. The van der Waals surface area contributed by atoms with E-state index in [2.05, 4.69) is 229 Å². The van der Waals surface area contributed by atoms with Crippen molar-refractivity contribution in [3.05, 3.63) is 224 Å². The van der Waals surface area contributed by atoms with Gasteiger partial charge in [-0.05, 0) is 85.9 Å². The van der Waals surface area contributed by atoms with Gasteiger partial charge in [0.15, 0.2) is 0 Å². The number of anilines is 3. The van der Waals surface area contributed by atoms with Gasteiger partial charge in [-0.1, -0.05) is 188 Å². The highest BCUT2D eigenvalue weighted by molar-refractivity contribution is 6.17. The molecule has 0 unspecified atom stereocenters. The molecule has 2 nitrogen and oxygen atoms in total. The van der Waals surface area contributed by atoms with Gasteiger partial charge < -0.3 is 9.32 Å². The molecule has 0 bridgehead atoms. The SMILES string of the molecule is c1ccc(-c2ccc(N(c3ccc(-c4c(-c5ccccc5)ccc5ccccc45)cc3)c3ccccc3-c3cccc4c3oc3c5ccccc5ccc43)cc2)cc1. The zero-order chi connectivity index (χ0) is 38.4. The maximum Gasteiger partial charge on any atom is 0.143 e. The highest BCUT2D eigenvalue weighted by Crippen LogP contribution is 2.46. The molecule has 0 N–H and O–H groups in total. The molecule has 0 aliphatic carbocycles. The van der Waals surface area contributed by atoms with Crippen molar-refractivity contribution < 1.29 is 4.42 Å². The molecule has 0 spiro atoms. The van der Waals surface area contributed by atoms with E-state index in [0.29, 0.717) is 0 Å². The fourth-order valence-corrected chi connectivity index (χ4v) is 8.71. The van der Waals surface area contributed by atoms with Crippen LogP contribution in [0.4, 0.5) is 17.1 Å². The minimum atomic E-state index is 0.889. The molecule has 58 heavy (non-hydrogen) atoms. The van der Waals surface area contributed by atoms with Crippen LogP contribution in [0.3, 0.4) is 0 Å². The summed E-state index contributed by atoms with van der Waals surface area (Å²) in [5.74, 6) is 0. The van der Waals surface area contributed by atoms with Crippen LogP contribution in [0, 0.1) is 0 Å². The molecule has 0 atom stereocenters. The van der Waals surface area contributed by atoms with E-state index in [-0.39, 0.29) is 0 Å². The van der Waals surface area contributed by atoms with Gasteiger partial charge in [0.2, 0.25) is 0 Å². The Morgan fingerprint density at radius 2 is 0.793 bits per heavy atom. The van der Waals surface area contributed by atoms with Crippen molar-refractivity contribution in [2.24, 2.45) is 0 Å². The Balaban J connectivity index is 1.10. The summed E-state index contributed by atoms with van der Waals surface area (Å²) in [4.78, 5) is 2.38. The van der Waals surface area contributed by atoms with Gasteiger partial charge in [-0.15, -0.1) is 0 Å². The molecule has 0 amide bonds. The molecule has 0 fully saturated rings. The van der Waals surface area contributed by atoms with Crippen LogP contribution in [0.25, 0.3) is 88.0 Å². The Morgan fingerprint density at radius 3 is 1.53 bits per heavy atom. The normalized spacial score (nSPS) is 11.4. The summed E-state index contributed by atoms with van der Waals surface area (Å²) in [6.45, 7) is 0. The molecule has 0 radical (unpaired) electrons. The molecule has 1 aromatic heterocycles. The highest BCUT2D eigenvalue weighted by atomic mass is 16.3. The van der Waals surface area contributed by atoms with Gasteiger partial charge >= 0.3 is 0 Å². The predicted octanol–water partition coefficient (Wildman–Crippen LogP) is 16.0. The summed E-state index contributed by atoms with van der Waals surface area (Å²) >= 11 is 0. The van der Waals surface area contributed by atoms with E-state index in [1.165, 1.54) is 49.5 Å². The van der Waals surface area contributed by atoms with Gasteiger partial charge in [-0.3, -0.25) is 0 Å². The molecule has 272 valence electrons. The van der Waals surface area contributed by atoms with Gasteiger partial charge in [0.1, 0.15) is 11.2 Å². The van der Waals surface area contributed by atoms with Gasteiger partial charge in [0.25, 0.3) is 0 Å². The second-order valence-electron chi connectivity index (χ2n) is 14.8. The number of fused-ring (bicyclic) bond motifs is 6. The van der Waals surface area contributed by atoms with Gasteiger partial charge in [-0.2, -0.15) is 0 Å². The van der Waals surface area contributed by atoms with Crippen LogP contribution >= 0.6 is 0 Å². The molecule has 0 aliphatic heterocycles. The molecule has 0 aliphatic rings. The van der Waals surface area contributed by atoms with Crippen molar-refractivity contribution in [3.63, 3.8) is 0 Å². The Hall–Kier alpha value is -7.68. The van der Waals surface area contributed by atoms with Crippen molar-refractivity contribution in [1.29, 1.82) is 0 Å². The Labute approximate surface area is 337 Å². The van der Waals surface area contributed by atoms with E-state index in [1.807, 2.05) is 0 Å². The van der Waals surface area contributed by atoms with Gasteiger partial charge in [0.05, 0.1) is 5.69 Å². The molecule has 11 aromatic rings. The van der Waals surface area contributed by atoms with Crippen LogP contribution in [0.2, 0.25) is 0 Å². The lowest BCUT2D eigenvalue weighted by Crippen LogP contribution is -2.11. The molecular weight excluding hydrogens is 703 g/mol. The summed E-state index contributed by atoms with van der Waals surface area (Å²) in [5.41, 5.74) is 14.4. The van der Waals surface area contributed by atoms with E-state index < -0.39 is 0 Å². The van der Waals surface area contributed by atoms with E-state index in [1.54, 1.807) is 0 Å². The predicted molar refractivity (Wildman–Crippen MR) is 245 cm³/mol. The van der Waals surface area contributed by atoms with E-state index in [0.717, 1.165) is 55.5 Å². The number of furan rings is 1.